The highest BCUT2D eigenvalue weighted by atomic mass is 16.5. The molecule has 0 aliphatic heterocycles. The predicted octanol–water partition coefficient (Wildman–Crippen LogP) is 4.19. The first-order valence-electron chi connectivity index (χ1n) is 8.16. The third-order valence-electron chi connectivity index (χ3n) is 4.10. The lowest BCUT2D eigenvalue weighted by atomic mass is 9.84. The SMILES string of the molecule is COc1c(CC(C)(C)CNC(=O)C(C)C)ccc2ccccc12. The van der Waals surface area contributed by atoms with Crippen LogP contribution in [0.15, 0.2) is 36.4 Å². The number of benzene rings is 2. The summed E-state index contributed by atoms with van der Waals surface area (Å²) in [6, 6.07) is 12.5. The zero-order valence-electron chi connectivity index (χ0n) is 14.8. The molecule has 0 aromatic heterocycles. The van der Waals surface area contributed by atoms with Crippen molar-refractivity contribution in [2.45, 2.75) is 34.1 Å². The number of ether oxygens (including phenoxy) is 1. The molecule has 0 atom stereocenters. The molecule has 0 fully saturated rings. The van der Waals surface area contributed by atoms with Crippen LogP contribution in [-0.4, -0.2) is 19.6 Å². The Morgan fingerprint density at radius 1 is 1.17 bits per heavy atom. The summed E-state index contributed by atoms with van der Waals surface area (Å²) in [4.78, 5) is 11.8. The van der Waals surface area contributed by atoms with Gasteiger partial charge in [0.1, 0.15) is 5.75 Å². The van der Waals surface area contributed by atoms with E-state index in [1.165, 1.54) is 10.9 Å². The monoisotopic (exact) mass is 313 g/mol. The number of nitrogens with one attached hydrogen (secondary N) is 1. The second-order valence-corrected chi connectivity index (χ2v) is 7.19. The van der Waals surface area contributed by atoms with E-state index in [1.807, 2.05) is 26.0 Å². The van der Waals surface area contributed by atoms with Gasteiger partial charge in [-0.3, -0.25) is 4.79 Å². The number of amides is 1. The Kier molecular flexibility index (Phi) is 5.30. The molecule has 0 saturated heterocycles. The zero-order valence-corrected chi connectivity index (χ0v) is 14.8. The fourth-order valence-electron chi connectivity index (χ4n) is 2.78. The molecule has 0 radical (unpaired) electrons. The quantitative estimate of drug-likeness (QED) is 0.868. The Morgan fingerprint density at radius 3 is 2.52 bits per heavy atom. The van der Waals surface area contributed by atoms with Gasteiger partial charge in [-0.1, -0.05) is 64.1 Å². The van der Waals surface area contributed by atoms with Crippen LogP contribution >= 0.6 is 0 Å². The second-order valence-electron chi connectivity index (χ2n) is 7.19. The molecule has 1 N–H and O–H groups in total. The number of fused-ring (bicyclic) bond motifs is 1. The molecule has 0 saturated carbocycles. The van der Waals surface area contributed by atoms with Gasteiger partial charge < -0.3 is 10.1 Å². The Bertz CT molecular complexity index is 689. The van der Waals surface area contributed by atoms with Gasteiger partial charge in [0.25, 0.3) is 0 Å². The number of hydrogen-bond acceptors (Lipinski definition) is 2. The van der Waals surface area contributed by atoms with E-state index in [0.717, 1.165) is 17.6 Å². The van der Waals surface area contributed by atoms with E-state index in [-0.39, 0.29) is 17.2 Å². The number of carbonyl (C=O) groups excluding carboxylic acids is 1. The number of rotatable bonds is 6. The van der Waals surface area contributed by atoms with E-state index in [9.17, 15) is 4.79 Å². The molecule has 0 spiro atoms. The standard InChI is InChI=1S/C20H27NO2/c1-14(2)19(22)21-13-20(3,4)12-16-11-10-15-8-6-7-9-17(15)18(16)23-5/h6-11,14H,12-13H2,1-5H3,(H,21,22). The van der Waals surface area contributed by atoms with Crippen LogP contribution in [0.4, 0.5) is 0 Å². The highest BCUT2D eigenvalue weighted by molar-refractivity contribution is 5.89. The van der Waals surface area contributed by atoms with Gasteiger partial charge in [0.2, 0.25) is 5.91 Å². The van der Waals surface area contributed by atoms with Crippen molar-refractivity contribution in [3.05, 3.63) is 42.0 Å². The summed E-state index contributed by atoms with van der Waals surface area (Å²) in [5.74, 6) is 1.05. The molecule has 3 heteroatoms. The van der Waals surface area contributed by atoms with Crippen LogP contribution in [0.5, 0.6) is 5.75 Å². The minimum atomic E-state index is -0.0414. The Balaban J connectivity index is 2.21. The average Bonchev–Trinajstić information content (AvgIpc) is 2.52. The Hall–Kier alpha value is -2.03. The molecule has 2 aromatic rings. The molecule has 0 aliphatic rings. The maximum atomic E-state index is 11.8. The molecular formula is C20H27NO2. The largest absolute Gasteiger partial charge is 0.496 e. The lowest BCUT2D eigenvalue weighted by Crippen LogP contribution is -2.37. The molecule has 23 heavy (non-hydrogen) atoms. The van der Waals surface area contributed by atoms with Crippen LogP contribution in [-0.2, 0) is 11.2 Å². The summed E-state index contributed by atoms with van der Waals surface area (Å²) in [5.41, 5.74) is 1.13. The normalized spacial score (nSPS) is 11.7. The van der Waals surface area contributed by atoms with Gasteiger partial charge in [-0.15, -0.1) is 0 Å². The lowest BCUT2D eigenvalue weighted by molar-refractivity contribution is -0.124. The summed E-state index contributed by atoms with van der Waals surface area (Å²) in [7, 11) is 1.72. The molecule has 2 aromatic carbocycles. The van der Waals surface area contributed by atoms with Crippen LogP contribution in [0.2, 0.25) is 0 Å². The van der Waals surface area contributed by atoms with Crippen LogP contribution in [0.1, 0.15) is 33.3 Å². The summed E-state index contributed by atoms with van der Waals surface area (Å²) in [6.45, 7) is 8.81. The van der Waals surface area contributed by atoms with Crippen molar-refractivity contribution in [2.75, 3.05) is 13.7 Å². The van der Waals surface area contributed by atoms with Gasteiger partial charge in [-0.2, -0.15) is 0 Å². The van der Waals surface area contributed by atoms with E-state index >= 15 is 0 Å². The molecule has 0 bridgehead atoms. The maximum Gasteiger partial charge on any atom is 0.222 e. The van der Waals surface area contributed by atoms with E-state index < -0.39 is 0 Å². The minimum Gasteiger partial charge on any atom is -0.496 e. The minimum absolute atomic E-state index is 0.0148. The summed E-state index contributed by atoms with van der Waals surface area (Å²) in [6.07, 6.45) is 0.847. The lowest BCUT2D eigenvalue weighted by Gasteiger charge is -2.27. The van der Waals surface area contributed by atoms with Gasteiger partial charge in [0.05, 0.1) is 7.11 Å². The highest BCUT2D eigenvalue weighted by Crippen LogP contribution is 2.33. The topological polar surface area (TPSA) is 38.3 Å². The van der Waals surface area contributed by atoms with E-state index in [1.54, 1.807) is 7.11 Å². The summed E-state index contributed by atoms with van der Waals surface area (Å²) >= 11 is 0. The van der Waals surface area contributed by atoms with Gasteiger partial charge in [-0.25, -0.2) is 0 Å². The van der Waals surface area contributed by atoms with Crippen LogP contribution in [0.3, 0.4) is 0 Å². The fraction of sp³-hybridized carbons (Fsp3) is 0.450. The zero-order chi connectivity index (χ0) is 17.0. The maximum absolute atomic E-state index is 11.8. The van der Waals surface area contributed by atoms with Crippen LogP contribution < -0.4 is 10.1 Å². The van der Waals surface area contributed by atoms with E-state index in [4.69, 9.17) is 4.74 Å². The molecule has 3 nitrogen and oxygen atoms in total. The Morgan fingerprint density at radius 2 is 1.87 bits per heavy atom. The predicted molar refractivity (Wildman–Crippen MR) is 95.8 cm³/mol. The third kappa shape index (κ3) is 4.25. The van der Waals surface area contributed by atoms with Crippen molar-refractivity contribution in [3.8, 4) is 5.75 Å². The fourth-order valence-corrected chi connectivity index (χ4v) is 2.78. The van der Waals surface area contributed by atoms with Crippen molar-refractivity contribution >= 4 is 16.7 Å². The van der Waals surface area contributed by atoms with Crippen molar-refractivity contribution in [3.63, 3.8) is 0 Å². The van der Waals surface area contributed by atoms with Gasteiger partial charge in [0, 0.05) is 17.8 Å². The highest BCUT2D eigenvalue weighted by Gasteiger charge is 2.22. The van der Waals surface area contributed by atoms with Crippen molar-refractivity contribution < 1.29 is 9.53 Å². The van der Waals surface area contributed by atoms with Crippen LogP contribution in [0.25, 0.3) is 10.8 Å². The molecule has 1 amide bonds. The summed E-state index contributed by atoms with van der Waals surface area (Å²) < 4.78 is 5.68. The van der Waals surface area contributed by atoms with Gasteiger partial charge >= 0.3 is 0 Å². The first kappa shape index (κ1) is 17.3. The smallest absolute Gasteiger partial charge is 0.222 e. The first-order valence-corrected chi connectivity index (χ1v) is 8.16. The molecular weight excluding hydrogens is 286 g/mol. The summed E-state index contributed by atoms with van der Waals surface area (Å²) in [5, 5.41) is 5.35. The van der Waals surface area contributed by atoms with Crippen molar-refractivity contribution in [1.82, 2.24) is 5.32 Å². The first-order chi connectivity index (χ1) is 10.8. The number of methoxy groups -OCH3 is 1. The average molecular weight is 313 g/mol. The van der Waals surface area contributed by atoms with Gasteiger partial charge in [-0.05, 0) is 22.8 Å². The molecule has 0 heterocycles. The number of hydrogen-bond donors (Lipinski definition) is 1. The molecule has 0 aliphatic carbocycles. The second kappa shape index (κ2) is 7.03. The molecule has 2 rings (SSSR count). The van der Waals surface area contributed by atoms with E-state index in [2.05, 4.69) is 43.4 Å². The Labute approximate surface area is 139 Å². The molecule has 124 valence electrons. The van der Waals surface area contributed by atoms with Crippen molar-refractivity contribution in [1.29, 1.82) is 0 Å². The van der Waals surface area contributed by atoms with Crippen LogP contribution in [0, 0.1) is 11.3 Å². The number of carbonyl (C=O) groups is 1. The third-order valence-corrected chi connectivity index (χ3v) is 4.10. The molecule has 0 unspecified atom stereocenters. The van der Waals surface area contributed by atoms with E-state index in [0.29, 0.717) is 6.54 Å². The van der Waals surface area contributed by atoms with Crippen molar-refractivity contribution in [2.24, 2.45) is 11.3 Å². The van der Waals surface area contributed by atoms with Gasteiger partial charge in [0.15, 0.2) is 0 Å².